The third kappa shape index (κ3) is 2.05. The van der Waals surface area contributed by atoms with Crippen molar-refractivity contribution in [1.82, 2.24) is 0 Å². The van der Waals surface area contributed by atoms with E-state index in [2.05, 4.69) is 36.2 Å². The number of aliphatic hydroxyl groups excluding tert-OH is 1. The molecule has 0 radical (unpaired) electrons. The molecule has 0 spiro atoms. The zero-order valence-corrected chi connectivity index (χ0v) is 11.0. The third-order valence-corrected chi connectivity index (χ3v) is 4.22. The van der Waals surface area contributed by atoms with Crippen LogP contribution in [-0.2, 0) is 6.42 Å². The standard InChI is InChI=1S/C16H21NO/c1-17-10-9-13-11-14(7-8-15(13)17)16(18)12-5-3-2-4-6-12/h5,7-8,11,16,18H,2-4,6,9-10H2,1H3. The van der Waals surface area contributed by atoms with E-state index in [1.54, 1.807) is 0 Å². The van der Waals surface area contributed by atoms with E-state index in [-0.39, 0.29) is 6.10 Å². The van der Waals surface area contributed by atoms with Crippen molar-refractivity contribution >= 4 is 5.69 Å². The molecule has 0 saturated heterocycles. The molecule has 0 fully saturated rings. The van der Waals surface area contributed by atoms with Crippen LogP contribution in [0.25, 0.3) is 0 Å². The Bertz CT molecular complexity index is 478. The van der Waals surface area contributed by atoms with Crippen LogP contribution in [-0.4, -0.2) is 18.7 Å². The van der Waals surface area contributed by atoms with Crippen LogP contribution in [0.4, 0.5) is 5.69 Å². The Morgan fingerprint density at radius 2 is 2.11 bits per heavy atom. The van der Waals surface area contributed by atoms with Crippen molar-refractivity contribution in [2.45, 2.75) is 38.2 Å². The summed E-state index contributed by atoms with van der Waals surface area (Å²) < 4.78 is 0. The van der Waals surface area contributed by atoms with E-state index in [1.807, 2.05) is 0 Å². The second kappa shape index (κ2) is 4.77. The maximum Gasteiger partial charge on any atom is 0.100 e. The molecule has 2 aliphatic rings. The first-order valence-corrected chi connectivity index (χ1v) is 6.96. The predicted molar refractivity (Wildman–Crippen MR) is 74.9 cm³/mol. The molecule has 3 rings (SSSR count). The van der Waals surface area contributed by atoms with Gasteiger partial charge in [0.2, 0.25) is 0 Å². The zero-order chi connectivity index (χ0) is 12.5. The van der Waals surface area contributed by atoms with Gasteiger partial charge >= 0.3 is 0 Å². The lowest BCUT2D eigenvalue weighted by Gasteiger charge is -2.20. The van der Waals surface area contributed by atoms with Crippen molar-refractivity contribution in [3.8, 4) is 0 Å². The number of nitrogens with zero attached hydrogens (tertiary/aromatic N) is 1. The maximum atomic E-state index is 10.5. The van der Waals surface area contributed by atoms with Gasteiger partial charge in [-0.2, -0.15) is 0 Å². The van der Waals surface area contributed by atoms with Gasteiger partial charge < -0.3 is 10.0 Å². The molecule has 2 heteroatoms. The topological polar surface area (TPSA) is 23.5 Å². The summed E-state index contributed by atoms with van der Waals surface area (Å²) >= 11 is 0. The molecule has 1 N–H and O–H groups in total. The fourth-order valence-electron chi connectivity index (χ4n) is 3.08. The number of benzene rings is 1. The van der Waals surface area contributed by atoms with Crippen LogP contribution in [0.1, 0.15) is 42.9 Å². The molecule has 0 bridgehead atoms. The summed E-state index contributed by atoms with van der Waals surface area (Å²) in [6.45, 7) is 1.09. The predicted octanol–water partition coefficient (Wildman–Crippen LogP) is 3.21. The zero-order valence-electron chi connectivity index (χ0n) is 11.0. The molecule has 1 aliphatic carbocycles. The summed E-state index contributed by atoms with van der Waals surface area (Å²) in [4.78, 5) is 2.28. The molecule has 0 saturated carbocycles. The van der Waals surface area contributed by atoms with Gasteiger partial charge in [-0.25, -0.2) is 0 Å². The van der Waals surface area contributed by atoms with Crippen molar-refractivity contribution in [2.75, 3.05) is 18.5 Å². The highest BCUT2D eigenvalue weighted by Gasteiger charge is 2.20. The number of fused-ring (bicyclic) bond motifs is 1. The number of hydrogen-bond donors (Lipinski definition) is 1. The minimum Gasteiger partial charge on any atom is -0.384 e. The van der Waals surface area contributed by atoms with E-state index >= 15 is 0 Å². The largest absolute Gasteiger partial charge is 0.384 e. The Labute approximate surface area is 109 Å². The lowest BCUT2D eigenvalue weighted by Crippen LogP contribution is -2.12. The highest BCUT2D eigenvalue weighted by Crippen LogP contribution is 2.34. The molecule has 0 amide bonds. The number of hydrogen-bond acceptors (Lipinski definition) is 2. The van der Waals surface area contributed by atoms with Gasteiger partial charge in [-0.3, -0.25) is 0 Å². The first kappa shape index (κ1) is 11.8. The van der Waals surface area contributed by atoms with Crippen LogP contribution in [0, 0.1) is 0 Å². The Kier molecular flexibility index (Phi) is 3.13. The van der Waals surface area contributed by atoms with Gasteiger partial charge in [0.15, 0.2) is 0 Å². The molecular formula is C16H21NO. The third-order valence-electron chi connectivity index (χ3n) is 4.22. The Hall–Kier alpha value is -1.28. The number of rotatable bonds is 2. The van der Waals surface area contributed by atoms with Crippen molar-refractivity contribution < 1.29 is 5.11 Å². The van der Waals surface area contributed by atoms with Crippen molar-refractivity contribution in [1.29, 1.82) is 0 Å². The fraction of sp³-hybridized carbons (Fsp3) is 0.500. The van der Waals surface area contributed by atoms with E-state index in [4.69, 9.17) is 0 Å². The van der Waals surface area contributed by atoms with Crippen molar-refractivity contribution in [3.63, 3.8) is 0 Å². The summed E-state index contributed by atoms with van der Waals surface area (Å²) in [7, 11) is 2.13. The molecule has 1 atom stereocenters. The number of aliphatic hydroxyl groups is 1. The number of likely N-dealkylation sites (N-methyl/N-ethyl adjacent to an activating group) is 1. The van der Waals surface area contributed by atoms with E-state index < -0.39 is 0 Å². The van der Waals surface area contributed by atoms with Crippen LogP contribution in [0.3, 0.4) is 0 Å². The summed E-state index contributed by atoms with van der Waals surface area (Å²) in [5.74, 6) is 0. The van der Waals surface area contributed by atoms with Gasteiger partial charge in [-0.15, -0.1) is 0 Å². The number of allylic oxidation sites excluding steroid dienone is 1. The molecule has 1 aromatic carbocycles. The Morgan fingerprint density at radius 3 is 2.89 bits per heavy atom. The average Bonchev–Trinajstić information content (AvgIpc) is 2.80. The lowest BCUT2D eigenvalue weighted by atomic mass is 9.91. The average molecular weight is 243 g/mol. The van der Waals surface area contributed by atoms with E-state index in [0.29, 0.717) is 0 Å². The van der Waals surface area contributed by atoms with E-state index in [9.17, 15) is 5.11 Å². The molecular weight excluding hydrogens is 222 g/mol. The molecule has 1 heterocycles. The van der Waals surface area contributed by atoms with Gasteiger partial charge in [0.05, 0.1) is 0 Å². The molecule has 2 nitrogen and oxygen atoms in total. The Morgan fingerprint density at radius 1 is 1.22 bits per heavy atom. The lowest BCUT2D eigenvalue weighted by molar-refractivity contribution is 0.208. The maximum absolute atomic E-state index is 10.5. The summed E-state index contributed by atoms with van der Waals surface area (Å²) in [5, 5.41) is 10.5. The molecule has 18 heavy (non-hydrogen) atoms. The second-order valence-electron chi connectivity index (χ2n) is 5.49. The van der Waals surface area contributed by atoms with E-state index in [1.165, 1.54) is 29.7 Å². The second-order valence-corrected chi connectivity index (χ2v) is 5.49. The van der Waals surface area contributed by atoms with Gasteiger partial charge in [-0.05, 0) is 54.9 Å². The smallest absolute Gasteiger partial charge is 0.100 e. The van der Waals surface area contributed by atoms with Gasteiger partial charge in [0.25, 0.3) is 0 Å². The molecule has 96 valence electrons. The SMILES string of the molecule is CN1CCc2cc(C(O)C3=CCCCC3)ccc21. The Balaban J connectivity index is 1.86. The summed E-state index contributed by atoms with van der Waals surface area (Å²) in [5.41, 5.74) is 4.98. The van der Waals surface area contributed by atoms with Gasteiger partial charge in [0.1, 0.15) is 6.10 Å². The van der Waals surface area contributed by atoms with Crippen LogP contribution in [0.5, 0.6) is 0 Å². The molecule has 1 aliphatic heterocycles. The minimum atomic E-state index is -0.387. The van der Waals surface area contributed by atoms with Crippen LogP contribution in [0.2, 0.25) is 0 Å². The highest BCUT2D eigenvalue weighted by atomic mass is 16.3. The van der Waals surface area contributed by atoms with Crippen LogP contribution < -0.4 is 4.90 Å². The first-order valence-electron chi connectivity index (χ1n) is 6.96. The number of anilines is 1. The first-order chi connectivity index (χ1) is 8.75. The van der Waals surface area contributed by atoms with Crippen LogP contribution in [0.15, 0.2) is 29.8 Å². The van der Waals surface area contributed by atoms with Crippen molar-refractivity contribution in [2.24, 2.45) is 0 Å². The fourth-order valence-corrected chi connectivity index (χ4v) is 3.08. The molecule has 1 unspecified atom stereocenters. The normalized spacial score (nSPS) is 20.6. The van der Waals surface area contributed by atoms with Gasteiger partial charge in [0, 0.05) is 19.3 Å². The summed E-state index contributed by atoms with van der Waals surface area (Å²) in [6.07, 6.45) is 7.61. The minimum absolute atomic E-state index is 0.387. The molecule has 0 aromatic heterocycles. The molecule has 1 aromatic rings. The summed E-state index contributed by atoms with van der Waals surface area (Å²) in [6, 6.07) is 6.43. The monoisotopic (exact) mass is 243 g/mol. The highest BCUT2D eigenvalue weighted by molar-refractivity contribution is 5.59. The van der Waals surface area contributed by atoms with Crippen LogP contribution >= 0.6 is 0 Å². The van der Waals surface area contributed by atoms with Crippen molar-refractivity contribution in [3.05, 3.63) is 41.0 Å². The van der Waals surface area contributed by atoms with Gasteiger partial charge in [-0.1, -0.05) is 18.2 Å². The quantitative estimate of drug-likeness (QED) is 0.806. The van der Waals surface area contributed by atoms with E-state index in [0.717, 1.165) is 31.4 Å².